The molecule has 0 radical (unpaired) electrons. The molecule has 1 aromatic heterocycles. The molecule has 0 bridgehead atoms. The molecule has 6 heteroatoms. The first-order chi connectivity index (χ1) is 9.06. The number of nitrogens with one attached hydrogen (secondary N) is 1. The van der Waals surface area contributed by atoms with E-state index in [0.29, 0.717) is 10.8 Å². The molecule has 0 unspecified atom stereocenters. The van der Waals surface area contributed by atoms with E-state index in [9.17, 15) is 4.79 Å². The van der Waals surface area contributed by atoms with Gasteiger partial charge in [0.1, 0.15) is 0 Å². The van der Waals surface area contributed by atoms with Crippen molar-refractivity contribution in [3.63, 3.8) is 0 Å². The average Bonchev–Trinajstić information content (AvgIpc) is 2.75. The highest BCUT2D eigenvalue weighted by Crippen LogP contribution is 2.23. The van der Waals surface area contributed by atoms with Gasteiger partial charge in [0.05, 0.1) is 23.5 Å². The number of nitrogen functional groups attached to an aromatic ring is 1. The Balaban J connectivity index is 2.07. The van der Waals surface area contributed by atoms with E-state index < -0.39 is 0 Å². The number of hydrogen-bond acceptors (Lipinski definition) is 5. The first-order valence-electron chi connectivity index (χ1n) is 5.82. The van der Waals surface area contributed by atoms with Crippen molar-refractivity contribution in [2.24, 2.45) is 0 Å². The Morgan fingerprint density at radius 3 is 2.79 bits per heavy atom. The van der Waals surface area contributed by atoms with Crippen LogP contribution < -0.4 is 16.0 Å². The topological polar surface area (TPSA) is 71.2 Å². The molecule has 3 N–H and O–H groups in total. The van der Waals surface area contributed by atoms with E-state index in [0.717, 1.165) is 11.4 Å². The summed E-state index contributed by atoms with van der Waals surface area (Å²) in [6.07, 6.45) is 0.232. The fourth-order valence-corrected chi connectivity index (χ4v) is 2.29. The van der Waals surface area contributed by atoms with Gasteiger partial charge in [0.2, 0.25) is 5.91 Å². The van der Waals surface area contributed by atoms with Crippen molar-refractivity contribution in [3.8, 4) is 0 Å². The van der Waals surface area contributed by atoms with Crippen molar-refractivity contribution in [1.82, 2.24) is 4.98 Å². The maximum absolute atomic E-state index is 12.0. The van der Waals surface area contributed by atoms with Gasteiger partial charge in [-0.25, -0.2) is 4.98 Å². The average molecular weight is 276 g/mol. The van der Waals surface area contributed by atoms with Crippen molar-refractivity contribution in [3.05, 3.63) is 35.3 Å². The number of amides is 1. The third-order valence-corrected chi connectivity index (χ3v) is 3.29. The number of aromatic nitrogens is 1. The molecule has 0 aliphatic carbocycles. The fraction of sp³-hybridized carbons (Fsp3) is 0.231. The van der Waals surface area contributed by atoms with Crippen LogP contribution in [0.1, 0.15) is 5.69 Å². The first-order valence-corrected chi connectivity index (χ1v) is 6.70. The minimum atomic E-state index is -0.0976. The number of nitrogens with two attached hydrogens (primary N) is 1. The second-order valence-corrected chi connectivity index (χ2v) is 5.20. The monoisotopic (exact) mass is 276 g/mol. The van der Waals surface area contributed by atoms with Crippen LogP contribution in [0.15, 0.2) is 29.6 Å². The Labute approximate surface area is 116 Å². The molecule has 0 saturated heterocycles. The first kappa shape index (κ1) is 13.4. The lowest BCUT2D eigenvalue weighted by Gasteiger charge is -2.17. The van der Waals surface area contributed by atoms with Crippen LogP contribution in [0.25, 0.3) is 0 Å². The van der Waals surface area contributed by atoms with Gasteiger partial charge in [0.25, 0.3) is 0 Å². The molecule has 0 saturated carbocycles. The number of para-hydroxylation sites is 2. The molecule has 0 fully saturated rings. The number of carbonyl (C=O) groups excluding carboxylic acids is 1. The Morgan fingerprint density at radius 1 is 1.42 bits per heavy atom. The number of anilines is 3. The number of nitrogens with zero attached hydrogens (tertiary/aromatic N) is 2. The van der Waals surface area contributed by atoms with Gasteiger partial charge in [-0.3, -0.25) is 4.79 Å². The van der Waals surface area contributed by atoms with E-state index in [4.69, 9.17) is 5.73 Å². The third-order valence-electron chi connectivity index (χ3n) is 2.57. The van der Waals surface area contributed by atoms with Gasteiger partial charge >= 0.3 is 0 Å². The normalized spacial score (nSPS) is 10.2. The molecule has 0 spiro atoms. The summed E-state index contributed by atoms with van der Waals surface area (Å²) in [6.45, 7) is 0. The van der Waals surface area contributed by atoms with Crippen molar-refractivity contribution < 1.29 is 4.79 Å². The number of benzene rings is 1. The number of hydrogen-bond donors (Lipinski definition) is 2. The summed E-state index contributed by atoms with van der Waals surface area (Å²) >= 11 is 1.34. The summed E-state index contributed by atoms with van der Waals surface area (Å²) in [7, 11) is 3.87. The molecule has 2 aromatic rings. The Bertz CT molecular complexity index is 580. The Kier molecular flexibility index (Phi) is 4.01. The van der Waals surface area contributed by atoms with Crippen LogP contribution in [0.2, 0.25) is 0 Å². The molecular weight excluding hydrogens is 260 g/mol. The van der Waals surface area contributed by atoms with Crippen molar-refractivity contribution in [1.29, 1.82) is 0 Å². The highest BCUT2D eigenvalue weighted by Gasteiger charge is 2.10. The summed E-state index contributed by atoms with van der Waals surface area (Å²) < 4.78 is 0. The second-order valence-electron chi connectivity index (χ2n) is 4.31. The minimum absolute atomic E-state index is 0.0976. The van der Waals surface area contributed by atoms with Crippen LogP contribution in [0.3, 0.4) is 0 Å². The van der Waals surface area contributed by atoms with E-state index in [1.54, 1.807) is 5.38 Å². The molecule has 0 aliphatic heterocycles. The highest BCUT2D eigenvalue weighted by molar-refractivity contribution is 7.13. The van der Waals surface area contributed by atoms with E-state index in [-0.39, 0.29) is 12.3 Å². The Morgan fingerprint density at radius 2 is 2.16 bits per heavy atom. The summed E-state index contributed by atoms with van der Waals surface area (Å²) in [6, 6.07) is 7.66. The standard InChI is InChI=1S/C13H16N4OS/c1-17(2)11-6-4-3-5-10(11)16-12(18)7-9-8-19-13(14)15-9/h3-6,8H,7H2,1-2H3,(H2,14,15)(H,16,18). The molecule has 19 heavy (non-hydrogen) atoms. The van der Waals surface area contributed by atoms with E-state index >= 15 is 0 Å². The fourth-order valence-electron chi connectivity index (χ4n) is 1.73. The molecule has 2 rings (SSSR count). The van der Waals surface area contributed by atoms with Crippen LogP contribution in [-0.4, -0.2) is 25.0 Å². The van der Waals surface area contributed by atoms with Gasteiger partial charge in [-0.05, 0) is 12.1 Å². The van der Waals surface area contributed by atoms with Crippen LogP contribution in [0.5, 0.6) is 0 Å². The van der Waals surface area contributed by atoms with Gasteiger partial charge in [-0.1, -0.05) is 12.1 Å². The van der Waals surface area contributed by atoms with Crippen LogP contribution >= 0.6 is 11.3 Å². The van der Waals surface area contributed by atoms with E-state index in [2.05, 4.69) is 10.3 Å². The maximum Gasteiger partial charge on any atom is 0.230 e. The molecule has 1 heterocycles. The number of rotatable bonds is 4. The molecule has 1 aromatic carbocycles. The van der Waals surface area contributed by atoms with E-state index in [1.807, 2.05) is 43.3 Å². The maximum atomic E-state index is 12.0. The molecule has 0 aliphatic rings. The predicted octanol–water partition coefficient (Wildman–Crippen LogP) is 1.97. The van der Waals surface area contributed by atoms with Gasteiger partial charge < -0.3 is 16.0 Å². The van der Waals surface area contributed by atoms with Gasteiger partial charge in [0, 0.05) is 19.5 Å². The summed E-state index contributed by atoms with van der Waals surface area (Å²) in [5, 5.41) is 5.17. The van der Waals surface area contributed by atoms with Gasteiger partial charge in [-0.2, -0.15) is 0 Å². The van der Waals surface area contributed by atoms with Crippen LogP contribution in [0.4, 0.5) is 16.5 Å². The van der Waals surface area contributed by atoms with Crippen LogP contribution in [-0.2, 0) is 11.2 Å². The molecular formula is C13H16N4OS. The Hall–Kier alpha value is -2.08. The zero-order valence-electron chi connectivity index (χ0n) is 10.9. The lowest BCUT2D eigenvalue weighted by Crippen LogP contribution is -2.18. The van der Waals surface area contributed by atoms with Gasteiger partial charge in [-0.15, -0.1) is 11.3 Å². The van der Waals surface area contributed by atoms with Crippen molar-refractivity contribution in [2.45, 2.75) is 6.42 Å². The van der Waals surface area contributed by atoms with Crippen LogP contribution in [0, 0.1) is 0 Å². The SMILES string of the molecule is CN(C)c1ccccc1NC(=O)Cc1csc(N)n1. The third kappa shape index (κ3) is 3.45. The second kappa shape index (κ2) is 5.71. The summed E-state index contributed by atoms with van der Waals surface area (Å²) in [5.41, 5.74) is 8.00. The van der Waals surface area contributed by atoms with Crippen molar-refractivity contribution in [2.75, 3.05) is 30.0 Å². The molecule has 100 valence electrons. The number of carbonyl (C=O) groups is 1. The van der Waals surface area contributed by atoms with E-state index in [1.165, 1.54) is 11.3 Å². The summed E-state index contributed by atoms with van der Waals surface area (Å²) in [4.78, 5) is 18.0. The lowest BCUT2D eigenvalue weighted by molar-refractivity contribution is -0.115. The quantitative estimate of drug-likeness (QED) is 0.895. The highest BCUT2D eigenvalue weighted by atomic mass is 32.1. The van der Waals surface area contributed by atoms with Gasteiger partial charge in [0.15, 0.2) is 5.13 Å². The lowest BCUT2D eigenvalue weighted by atomic mass is 10.2. The summed E-state index contributed by atoms with van der Waals surface area (Å²) in [5.74, 6) is -0.0976. The minimum Gasteiger partial charge on any atom is -0.376 e. The number of thiazole rings is 1. The molecule has 1 amide bonds. The molecule has 0 atom stereocenters. The smallest absolute Gasteiger partial charge is 0.230 e. The van der Waals surface area contributed by atoms with Crippen molar-refractivity contribution >= 4 is 33.8 Å². The predicted molar refractivity (Wildman–Crippen MR) is 79.6 cm³/mol. The largest absolute Gasteiger partial charge is 0.376 e. The zero-order valence-corrected chi connectivity index (χ0v) is 11.7. The zero-order chi connectivity index (χ0) is 13.8. The molecule has 5 nitrogen and oxygen atoms in total.